The first kappa shape index (κ1) is 14.2. The molecule has 1 aromatic carbocycles. The maximum absolute atomic E-state index is 11.8. The van der Waals surface area contributed by atoms with E-state index in [1.807, 2.05) is 24.3 Å². The molecule has 20 heavy (non-hydrogen) atoms. The quantitative estimate of drug-likeness (QED) is 0.792. The van der Waals surface area contributed by atoms with Crippen molar-refractivity contribution in [3.05, 3.63) is 35.4 Å². The number of ether oxygens (including phenoxy) is 3. The molecule has 0 fully saturated rings. The minimum Gasteiger partial charge on any atom is -0.493 e. The molecule has 4 nitrogen and oxygen atoms in total. The van der Waals surface area contributed by atoms with Gasteiger partial charge in [0.25, 0.3) is 0 Å². The lowest BCUT2D eigenvalue weighted by atomic mass is 9.97. The molecule has 0 saturated heterocycles. The van der Waals surface area contributed by atoms with Crippen molar-refractivity contribution in [2.45, 2.75) is 12.8 Å². The summed E-state index contributed by atoms with van der Waals surface area (Å²) in [7, 11) is 4.71. The van der Waals surface area contributed by atoms with Crippen LogP contribution in [-0.2, 0) is 4.79 Å². The fourth-order valence-electron chi connectivity index (χ4n) is 2.19. The van der Waals surface area contributed by atoms with Gasteiger partial charge >= 0.3 is 0 Å². The summed E-state index contributed by atoms with van der Waals surface area (Å²) in [4.78, 5) is 11.8. The third-order valence-electron chi connectivity index (χ3n) is 3.19. The van der Waals surface area contributed by atoms with Gasteiger partial charge in [0.2, 0.25) is 5.75 Å². The Morgan fingerprint density at radius 3 is 2.20 bits per heavy atom. The van der Waals surface area contributed by atoms with Gasteiger partial charge in [0.15, 0.2) is 17.3 Å². The fourth-order valence-corrected chi connectivity index (χ4v) is 2.19. The normalized spacial score (nSPS) is 16.4. The highest BCUT2D eigenvalue weighted by molar-refractivity contribution is 6.07. The average molecular weight is 274 g/mol. The summed E-state index contributed by atoms with van der Waals surface area (Å²) >= 11 is 0. The second-order valence-electron chi connectivity index (χ2n) is 4.43. The lowest BCUT2D eigenvalue weighted by molar-refractivity contribution is -0.111. The van der Waals surface area contributed by atoms with E-state index in [4.69, 9.17) is 14.2 Å². The molecule has 2 rings (SSSR count). The second-order valence-corrected chi connectivity index (χ2v) is 4.43. The summed E-state index contributed by atoms with van der Waals surface area (Å²) in [6, 6.07) is 3.67. The van der Waals surface area contributed by atoms with E-state index in [0.29, 0.717) is 17.2 Å². The van der Waals surface area contributed by atoms with Crippen LogP contribution in [0.3, 0.4) is 0 Å². The van der Waals surface area contributed by atoms with Crippen LogP contribution in [0.4, 0.5) is 0 Å². The second kappa shape index (κ2) is 6.28. The van der Waals surface area contributed by atoms with E-state index in [1.165, 1.54) is 0 Å². The van der Waals surface area contributed by atoms with Gasteiger partial charge in [0.1, 0.15) is 0 Å². The lowest BCUT2D eigenvalue weighted by Gasteiger charge is -2.14. The van der Waals surface area contributed by atoms with Crippen LogP contribution in [0.15, 0.2) is 29.9 Å². The number of ketones is 1. The molecule has 1 aliphatic carbocycles. The van der Waals surface area contributed by atoms with E-state index in [1.54, 1.807) is 27.4 Å². The molecule has 0 aromatic heterocycles. The van der Waals surface area contributed by atoms with E-state index in [9.17, 15) is 4.79 Å². The Morgan fingerprint density at radius 1 is 1.05 bits per heavy atom. The van der Waals surface area contributed by atoms with Crippen molar-refractivity contribution >= 4 is 11.9 Å². The van der Waals surface area contributed by atoms with Crippen LogP contribution >= 0.6 is 0 Å². The van der Waals surface area contributed by atoms with E-state index < -0.39 is 0 Å². The Balaban J connectivity index is 2.45. The van der Waals surface area contributed by atoms with Crippen LogP contribution in [0, 0.1) is 0 Å². The van der Waals surface area contributed by atoms with Gasteiger partial charge in [-0.1, -0.05) is 6.08 Å². The molecule has 0 heterocycles. The Morgan fingerprint density at radius 2 is 1.70 bits per heavy atom. The molecule has 0 saturated carbocycles. The van der Waals surface area contributed by atoms with E-state index >= 15 is 0 Å². The largest absolute Gasteiger partial charge is 0.493 e. The van der Waals surface area contributed by atoms with Crippen molar-refractivity contribution in [2.75, 3.05) is 21.3 Å². The van der Waals surface area contributed by atoms with Crippen LogP contribution in [0.2, 0.25) is 0 Å². The Labute approximate surface area is 118 Å². The zero-order valence-electron chi connectivity index (χ0n) is 11.9. The number of carbonyl (C=O) groups is 1. The molecule has 0 amide bonds. The Hall–Kier alpha value is -2.23. The third-order valence-corrected chi connectivity index (χ3v) is 3.19. The maximum atomic E-state index is 11.8. The van der Waals surface area contributed by atoms with E-state index in [0.717, 1.165) is 24.0 Å². The molecule has 0 N–H and O–H groups in total. The highest BCUT2D eigenvalue weighted by Gasteiger charge is 2.14. The number of hydrogen-bond acceptors (Lipinski definition) is 4. The van der Waals surface area contributed by atoms with Crippen molar-refractivity contribution in [2.24, 2.45) is 0 Å². The minimum atomic E-state index is 0.0602. The Kier molecular flexibility index (Phi) is 4.45. The number of methoxy groups -OCH3 is 3. The standard InChI is InChI=1S/C16H18O4/c1-18-14-9-11(10-15(19-2)16(14)20-3)8-12-6-4-5-7-13(12)17/h5,7-10H,4,6H2,1-3H3/b12-8+. The van der Waals surface area contributed by atoms with Gasteiger partial charge in [-0.05, 0) is 42.7 Å². The number of allylic oxidation sites excluding steroid dienone is 3. The molecule has 4 heteroatoms. The Bertz CT molecular complexity index is 545. The number of benzene rings is 1. The van der Waals surface area contributed by atoms with Gasteiger partial charge in [-0.15, -0.1) is 0 Å². The average Bonchev–Trinajstić information content (AvgIpc) is 2.48. The maximum Gasteiger partial charge on any atom is 0.203 e. The van der Waals surface area contributed by atoms with Crippen molar-refractivity contribution in [3.63, 3.8) is 0 Å². The van der Waals surface area contributed by atoms with Gasteiger partial charge in [-0.2, -0.15) is 0 Å². The van der Waals surface area contributed by atoms with E-state index in [2.05, 4.69) is 0 Å². The van der Waals surface area contributed by atoms with Crippen LogP contribution in [0.1, 0.15) is 18.4 Å². The first-order valence-corrected chi connectivity index (χ1v) is 6.41. The van der Waals surface area contributed by atoms with Crippen LogP contribution < -0.4 is 14.2 Å². The first-order chi connectivity index (χ1) is 9.69. The molecular weight excluding hydrogens is 256 g/mol. The SMILES string of the molecule is COc1cc(/C=C2\CCC=CC2=O)cc(OC)c1OC. The molecular formula is C16H18O4. The molecule has 106 valence electrons. The topological polar surface area (TPSA) is 44.8 Å². The highest BCUT2D eigenvalue weighted by Crippen LogP contribution is 2.39. The first-order valence-electron chi connectivity index (χ1n) is 6.41. The van der Waals surface area contributed by atoms with Crippen molar-refractivity contribution < 1.29 is 19.0 Å². The fraction of sp³-hybridized carbons (Fsp3) is 0.312. The molecule has 0 unspecified atom stereocenters. The third kappa shape index (κ3) is 2.85. The molecule has 0 bridgehead atoms. The number of rotatable bonds is 4. The highest BCUT2D eigenvalue weighted by atomic mass is 16.5. The van der Waals surface area contributed by atoms with Crippen LogP contribution in [0.25, 0.3) is 6.08 Å². The van der Waals surface area contributed by atoms with E-state index in [-0.39, 0.29) is 5.78 Å². The summed E-state index contributed by atoms with van der Waals surface area (Å²) in [5, 5.41) is 0. The predicted molar refractivity (Wildman–Crippen MR) is 77.5 cm³/mol. The molecule has 0 atom stereocenters. The van der Waals surface area contributed by atoms with Crippen molar-refractivity contribution in [1.29, 1.82) is 0 Å². The molecule has 1 aromatic rings. The van der Waals surface area contributed by atoms with Crippen molar-refractivity contribution in [1.82, 2.24) is 0 Å². The summed E-state index contributed by atoms with van der Waals surface area (Å²) in [6.45, 7) is 0. The van der Waals surface area contributed by atoms with Crippen molar-refractivity contribution in [3.8, 4) is 17.2 Å². The van der Waals surface area contributed by atoms with Crippen LogP contribution in [-0.4, -0.2) is 27.1 Å². The zero-order chi connectivity index (χ0) is 14.5. The monoisotopic (exact) mass is 274 g/mol. The summed E-state index contributed by atoms with van der Waals surface area (Å²) < 4.78 is 15.9. The summed E-state index contributed by atoms with van der Waals surface area (Å²) in [5.41, 5.74) is 1.65. The zero-order valence-corrected chi connectivity index (χ0v) is 11.9. The molecule has 0 radical (unpaired) electrons. The predicted octanol–water partition coefficient (Wildman–Crippen LogP) is 3.01. The lowest BCUT2D eigenvalue weighted by Crippen LogP contribution is -2.03. The smallest absolute Gasteiger partial charge is 0.203 e. The van der Waals surface area contributed by atoms with Gasteiger partial charge in [-0.25, -0.2) is 0 Å². The molecule has 0 aliphatic heterocycles. The molecule has 1 aliphatic rings. The summed E-state index contributed by atoms with van der Waals surface area (Å²) in [5.74, 6) is 1.77. The summed E-state index contributed by atoms with van der Waals surface area (Å²) in [6.07, 6.45) is 7.03. The van der Waals surface area contributed by atoms with Gasteiger partial charge in [0, 0.05) is 5.57 Å². The van der Waals surface area contributed by atoms with Gasteiger partial charge in [0.05, 0.1) is 21.3 Å². The van der Waals surface area contributed by atoms with Gasteiger partial charge < -0.3 is 14.2 Å². The van der Waals surface area contributed by atoms with Crippen LogP contribution in [0.5, 0.6) is 17.2 Å². The number of carbonyl (C=O) groups excluding carboxylic acids is 1. The van der Waals surface area contributed by atoms with Gasteiger partial charge in [-0.3, -0.25) is 4.79 Å². The molecule has 0 spiro atoms. The number of hydrogen-bond donors (Lipinski definition) is 0. The minimum absolute atomic E-state index is 0.0602.